The molecule has 2 aromatic heterocycles. The average molecular weight is 810 g/mol. The second-order valence-corrected chi connectivity index (χ2v) is 20.6. The fourth-order valence-electron chi connectivity index (χ4n) is 10.8. The van der Waals surface area contributed by atoms with E-state index in [1.807, 2.05) is 11.7 Å². The Morgan fingerprint density at radius 2 is 0.750 bits per heavy atom. The van der Waals surface area contributed by atoms with Crippen molar-refractivity contribution < 1.29 is 0 Å². The van der Waals surface area contributed by atoms with Crippen LogP contribution in [0.1, 0.15) is 233 Å². The van der Waals surface area contributed by atoms with E-state index < -0.39 is 0 Å². The fraction of sp³-hybridized carbons (Fsp3) is 0.561. The van der Waals surface area contributed by atoms with Crippen LogP contribution in [0.4, 0.5) is 0 Å². The molecule has 5 aromatic rings. The molecular formula is C57H83N3. The number of hydrogen-bond acceptors (Lipinski definition) is 1. The molecule has 0 amide bonds. The number of rotatable bonds is 5. The molecule has 0 spiro atoms. The number of aromatic nitrogens is 3. The Labute approximate surface area is 367 Å². The topological polar surface area (TPSA) is 22.8 Å². The van der Waals surface area contributed by atoms with E-state index in [9.17, 15) is 0 Å². The molecule has 3 heteroatoms. The van der Waals surface area contributed by atoms with Crippen LogP contribution in [0.2, 0.25) is 0 Å². The van der Waals surface area contributed by atoms with Crippen LogP contribution >= 0.6 is 0 Å². The fourth-order valence-corrected chi connectivity index (χ4v) is 10.8. The second kappa shape index (κ2) is 17.9. The summed E-state index contributed by atoms with van der Waals surface area (Å²) in [5, 5.41) is 4.35. The Morgan fingerprint density at radius 3 is 1.08 bits per heavy atom. The van der Waals surface area contributed by atoms with Gasteiger partial charge >= 0.3 is 0 Å². The molecule has 0 radical (unpaired) electrons. The van der Waals surface area contributed by atoms with Gasteiger partial charge in [-0.1, -0.05) is 69.2 Å². The zero-order chi connectivity index (χ0) is 45.1. The number of benzene rings is 3. The molecule has 0 unspecified atom stereocenters. The van der Waals surface area contributed by atoms with Gasteiger partial charge in [0, 0.05) is 38.1 Å². The van der Waals surface area contributed by atoms with Gasteiger partial charge in [-0.3, -0.25) is 4.68 Å². The van der Waals surface area contributed by atoms with Crippen LogP contribution in [0.15, 0.2) is 6.20 Å². The first-order chi connectivity index (χ1) is 27.8. The van der Waals surface area contributed by atoms with Gasteiger partial charge in [-0.05, 0) is 242 Å². The predicted octanol–water partition coefficient (Wildman–Crippen LogP) is 15.1. The molecule has 4 aliphatic rings. The molecule has 4 aliphatic carbocycles. The van der Waals surface area contributed by atoms with E-state index in [-0.39, 0.29) is 0 Å². The lowest BCUT2D eigenvalue weighted by atomic mass is 9.85. The summed E-state index contributed by atoms with van der Waals surface area (Å²) < 4.78 is 4.24. The van der Waals surface area contributed by atoms with Crippen LogP contribution in [-0.4, -0.2) is 14.3 Å². The summed E-state index contributed by atoms with van der Waals surface area (Å²) in [7, 11) is 4.15. The highest BCUT2D eigenvalue weighted by atomic mass is 15.3. The lowest BCUT2D eigenvalue weighted by molar-refractivity contribution is 0.663. The Kier molecular flexibility index (Phi) is 14.1. The lowest BCUT2D eigenvalue weighted by Gasteiger charge is -2.21. The maximum Gasteiger partial charge on any atom is 0.0625 e. The van der Waals surface area contributed by atoms with Gasteiger partial charge in [0.15, 0.2) is 0 Å². The summed E-state index contributed by atoms with van der Waals surface area (Å²) in [6, 6.07) is 0. The van der Waals surface area contributed by atoms with Crippen molar-refractivity contribution in [3.63, 3.8) is 0 Å². The summed E-state index contributed by atoms with van der Waals surface area (Å²) >= 11 is 0. The van der Waals surface area contributed by atoms with Gasteiger partial charge < -0.3 is 4.57 Å². The van der Waals surface area contributed by atoms with Gasteiger partial charge in [0.2, 0.25) is 0 Å². The molecule has 60 heavy (non-hydrogen) atoms. The second-order valence-electron chi connectivity index (χ2n) is 20.6. The average Bonchev–Trinajstić information content (AvgIpc) is 3.97. The highest BCUT2D eigenvalue weighted by molar-refractivity contribution is 5.69. The number of hydrogen-bond donors (Lipinski definition) is 0. The van der Waals surface area contributed by atoms with E-state index in [1.165, 1.54) is 87.1 Å². The van der Waals surface area contributed by atoms with Crippen molar-refractivity contribution in [1.82, 2.24) is 14.3 Å². The summed E-state index contributed by atoms with van der Waals surface area (Å²) in [5.74, 6) is 3.33. The van der Waals surface area contributed by atoms with Gasteiger partial charge in [-0.25, -0.2) is 0 Å². The van der Waals surface area contributed by atoms with Crippen LogP contribution < -0.4 is 0 Å². The van der Waals surface area contributed by atoms with Crippen LogP contribution in [0.5, 0.6) is 0 Å². The number of aryl methyl sites for hydroxylation is 3. The SMILES string of the molecule is CC(C)c1c2c(cn1C)C2.Cc1c(C)c(C)c(C(C)C)c(C)c1C.Cc1c(C)c2c(c(C(C)C)c1C)C2.Cc1c2c(c(C(C)C)c3c1C3)C2.Cc1nn(C)c(C(C)C)c1C. The molecule has 0 saturated heterocycles. The van der Waals surface area contributed by atoms with Crippen molar-refractivity contribution in [2.45, 2.75) is 201 Å². The molecule has 0 saturated carbocycles. The minimum Gasteiger partial charge on any atom is -0.354 e. The molecule has 3 nitrogen and oxygen atoms in total. The van der Waals surface area contributed by atoms with Crippen molar-refractivity contribution in [2.24, 2.45) is 14.1 Å². The molecule has 0 fully saturated rings. The molecule has 0 bridgehead atoms. The minimum atomic E-state index is 0.571. The molecule has 9 rings (SSSR count). The number of nitrogens with zero attached hydrogens (tertiary/aromatic N) is 3. The van der Waals surface area contributed by atoms with Gasteiger partial charge in [-0.15, -0.1) is 0 Å². The monoisotopic (exact) mass is 810 g/mol. The Morgan fingerprint density at radius 1 is 0.367 bits per heavy atom. The van der Waals surface area contributed by atoms with E-state index in [0.29, 0.717) is 23.7 Å². The highest BCUT2D eigenvalue weighted by Gasteiger charge is 2.36. The van der Waals surface area contributed by atoms with Crippen molar-refractivity contribution in [1.29, 1.82) is 0 Å². The molecule has 0 atom stereocenters. The maximum atomic E-state index is 4.35. The third kappa shape index (κ3) is 9.31. The zero-order valence-electron chi connectivity index (χ0n) is 42.6. The Hall–Kier alpha value is -3.85. The summed E-state index contributed by atoms with van der Waals surface area (Å²) in [6.45, 7) is 47.2. The van der Waals surface area contributed by atoms with E-state index >= 15 is 0 Å². The summed E-state index contributed by atoms with van der Waals surface area (Å²) in [4.78, 5) is 0. The predicted molar refractivity (Wildman–Crippen MR) is 262 cm³/mol. The molecule has 0 N–H and O–H groups in total. The largest absolute Gasteiger partial charge is 0.354 e. The van der Waals surface area contributed by atoms with Gasteiger partial charge in [0.05, 0.1) is 5.69 Å². The van der Waals surface area contributed by atoms with E-state index in [1.54, 1.807) is 66.8 Å². The van der Waals surface area contributed by atoms with Crippen LogP contribution in [-0.2, 0) is 39.8 Å². The molecule has 0 aliphatic heterocycles. The van der Waals surface area contributed by atoms with E-state index in [2.05, 4.69) is 168 Å². The normalized spacial score (nSPS) is 13.1. The smallest absolute Gasteiger partial charge is 0.0625 e. The van der Waals surface area contributed by atoms with Gasteiger partial charge in [0.1, 0.15) is 0 Å². The lowest BCUT2D eigenvalue weighted by Crippen LogP contribution is -2.04. The van der Waals surface area contributed by atoms with Crippen LogP contribution in [0.25, 0.3) is 0 Å². The van der Waals surface area contributed by atoms with E-state index in [0.717, 1.165) is 11.6 Å². The molecule has 2 heterocycles. The molecule has 3 aromatic carbocycles. The maximum absolute atomic E-state index is 4.35. The minimum absolute atomic E-state index is 0.571. The first-order valence-corrected chi connectivity index (χ1v) is 23.4. The third-order valence-corrected chi connectivity index (χ3v) is 14.8. The van der Waals surface area contributed by atoms with Gasteiger partial charge in [-0.2, -0.15) is 5.10 Å². The first-order valence-electron chi connectivity index (χ1n) is 23.4. The van der Waals surface area contributed by atoms with Gasteiger partial charge in [0.25, 0.3) is 0 Å². The van der Waals surface area contributed by atoms with E-state index in [4.69, 9.17) is 0 Å². The number of fused-ring (bicyclic) bond motifs is 4. The molecule has 326 valence electrons. The first kappa shape index (κ1) is 47.2. The Balaban J connectivity index is 0.000000143. The standard InChI is InChI=1S/C14H22.C13H18.C12H14.C9H16N2.C9H13N/c1-8(2)14-12(6)10(4)9(3)11(5)13(14)7;1-7(2)13-10(5)8(3)9(4)11-6-12(11)13;1-6(2)12-10-4-8(10)7(3)9-5-11(9)12;1-6(2)9-7(3)8(4)10-11(9)5;1-6(2)9-8-4-7(8)5-10(9)3/h8H,1-7H3;7H,6H2,1-5H3;6H,4-5H2,1-3H3;6H,1-5H3;5-6H,4H2,1-3H3. The van der Waals surface area contributed by atoms with Crippen LogP contribution in [0, 0.1) is 76.2 Å². The third-order valence-electron chi connectivity index (χ3n) is 14.8. The molecular weight excluding hydrogens is 727 g/mol. The quantitative estimate of drug-likeness (QED) is 0.170. The van der Waals surface area contributed by atoms with Crippen molar-refractivity contribution >= 4 is 0 Å². The van der Waals surface area contributed by atoms with Crippen LogP contribution in [0.3, 0.4) is 0 Å². The van der Waals surface area contributed by atoms with Crippen molar-refractivity contribution in [3.05, 3.63) is 140 Å². The Bertz CT molecular complexity index is 2370. The summed E-state index contributed by atoms with van der Waals surface area (Å²) in [6.07, 6.45) is 7.37. The van der Waals surface area contributed by atoms with Crippen molar-refractivity contribution in [2.75, 3.05) is 0 Å². The van der Waals surface area contributed by atoms with Crippen molar-refractivity contribution in [3.8, 4) is 0 Å². The zero-order valence-corrected chi connectivity index (χ0v) is 42.6. The highest BCUT2D eigenvalue weighted by Crippen LogP contribution is 2.49. The summed E-state index contributed by atoms with van der Waals surface area (Å²) in [5.41, 5.74) is 37.0.